The molecule has 10 nitrogen and oxygen atoms in total. The molecule has 1 fully saturated rings. The molecule has 0 spiro atoms. The van der Waals surface area contributed by atoms with E-state index in [2.05, 4.69) is 15.0 Å². The molecular weight excluding hydrogens is 464 g/mol. The smallest absolute Gasteiger partial charge is 0.338 e. The molecule has 2 aromatic rings. The average molecular weight is 495 g/mol. The monoisotopic (exact) mass is 494 g/mol. The van der Waals surface area contributed by atoms with Crippen molar-refractivity contribution in [3.05, 3.63) is 75.6 Å². The van der Waals surface area contributed by atoms with Crippen LogP contribution < -0.4 is 5.32 Å². The van der Waals surface area contributed by atoms with Crippen LogP contribution in [0.3, 0.4) is 0 Å². The van der Waals surface area contributed by atoms with Gasteiger partial charge in [0, 0.05) is 55.8 Å². The van der Waals surface area contributed by atoms with Crippen LogP contribution in [0.5, 0.6) is 0 Å². The fraction of sp³-hybridized carbons (Fsp3) is 0.385. The first-order valence-corrected chi connectivity index (χ1v) is 11.9. The van der Waals surface area contributed by atoms with Crippen molar-refractivity contribution in [2.45, 2.75) is 32.1 Å². The predicted molar refractivity (Wildman–Crippen MR) is 133 cm³/mol. The van der Waals surface area contributed by atoms with E-state index in [1.165, 1.54) is 25.3 Å². The summed E-state index contributed by atoms with van der Waals surface area (Å²) >= 11 is 0. The van der Waals surface area contributed by atoms with E-state index >= 15 is 0 Å². The van der Waals surface area contributed by atoms with Gasteiger partial charge in [0.1, 0.15) is 0 Å². The van der Waals surface area contributed by atoms with Crippen molar-refractivity contribution in [3.8, 4) is 0 Å². The molecule has 1 aliphatic heterocycles. The number of nitro benzene ring substituents is 1. The van der Waals surface area contributed by atoms with Gasteiger partial charge in [0.15, 0.2) is 0 Å². The Kier molecular flexibility index (Phi) is 9.67. The maximum atomic E-state index is 13.0. The number of aromatic nitrogens is 1. The normalized spacial score (nSPS) is 14.0. The number of hydrogen-bond donors (Lipinski definition) is 1. The van der Waals surface area contributed by atoms with Crippen LogP contribution in [-0.4, -0.2) is 59.3 Å². The molecule has 2 heterocycles. The molecule has 1 N–H and O–H groups in total. The lowest BCUT2D eigenvalue weighted by Crippen LogP contribution is -2.38. The van der Waals surface area contributed by atoms with E-state index in [9.17, 15) is 24.5 Å². The van der Waals surface area contributed by atoms with E-state index < -0.39 is 10.9 Å². The Balaban J connectivity index is 1.40. The highest BCUT2D eigenvalue weighted by Crippen LogP contribution is 2.25. The van der Waals surface area contributed by atoms with Crippen molar-refractivity contribution in [1.29, 1.82) is 0 Å². The molecular formula is C26H30N4O6. The molecule has 1 aromatic heterocycles. The molecule has 1 aromatic carbocycles. The number of carbonyl (C=O) groups is 3. The van der Waals surface area contributed by atoms with Crippen molar-refractivity contribution >= 4 is 29.5 Å². The SMILES string of the molecule is COC(=O)c1cc(C(=O)N2CCC(CCCCNC(=O)/C=C/c3cccnc3)CC2)cc([N+](=O)[O-])c1. The van der Waals surface area contributed by atoms with Crippen LogP contribution >= 0.6 is 0 Å². The first-order chi connectivity index (χ1) is 17.4. The van der Waals surface area contributed by atoms with Crippen LogP contribution in [0.2, 0.25) is 0 Å². The van der Waals surface area contributed by atoms with Gasteiger partial charge in [0.25, 0.3) is 11.6 Å². The van der Waals surface area contributed by atoms with Gasteiger partial charge < -0.3 is 15.0 Å². The zero-order valence-electron chi connectivity index (χ0n) is 20.2. The molecule has 2 amide bonds. The Hall–Kier alpha value is -4.08. The standard InChI is InChI=1S/C26H30N4O6/c1-36-26(33)22-15-21(16-23(17-22)30(34)35)25(32)29-13-9-19(10-14-29)5-2-3-12-28-24(31)8-7-20-6-4-11-27-18-20/h4,6-8,11,15-19H,2-3,5,9-10,12-14H2,1H3,(H,28,31)/b8-7+. The first kappa shape index (κ1) is 26.5. The van der Waals surface area contributed by atoms with Gasteiger partial charge >= 0.3 is 5.97 Å². The zero-order valence-corrected chi connectivity index (χ0v) is 20.2. The third-order valence-corrected chi connectivity index (χ3v) is 6.15. The molecule has 190 valence electrons. The lowest BCUT2D eigenvalue weighted by Gasteiger charge is -2.32. The first-order valence-electron chi connectivity index (χ1n) is 11.9. The van der Waals surface area contributed by atoms with Gasteiger partial charge in [-0.05, 0) is 49.0 Å². The molecule has 36 heavy (non-hydrogen) atoms. The number of nitrogens with one attached hydrogen (secondary N) is 1. The van der Waals surface area contributed by atoms with Crippen LogP contribution in [0.1, 0.15) is 58.4 Å². The number of nitro groups is 1. The van der Waals surface area contributed by atoms with E-state index in [1.54, 1.807) is 23.4 Å². The number of nitrogens with zero attached hydrogens (tertiary/aromatic N) is 3. The van der Waals surface area contributed by atoms with Crippen molar-refractivity contribution in [1.82, 2.24) is 15.2 Å². The molecule has 10 heteroatoms. The quantitative estimate of drug-likeness (QED) is 0.175. The second-order valence-electron chi connectivity index (χ2n) is 8.66. The van der Waals surface area contributed by atoms with Gasteiger partial charge in [-0.3, -0.25) is 24.7 Å². The summed E-state index contributed by atoms with van der Waals surface area (Å²) in [6.45, 7) is 1.70. The van der Waals surface area contributed by atoms with Crippen LogP contribution in [0, 0.1) is 16.0 Å². The minimum atomic E-state index is -0.729. The molecule has 0 aliphatic carbocycles. The fourth-order valence-electron chi connectivity index (χ4n) is 4.16. The lowest BCUT2D eigenvalue weighted by atomic mass is 9.91. The average Bonchev–Trinajstić information content (AvgIpc) is 2.91. The second-order valence-corrected chi connectivity index (χ2v) is 8.66. The van der Waals surface area contributed by atoms with Crippen molar-refractivity contribution in [2.75, 3.05) is 26.7 Å². The Labute approximate surface area is 209 Å². The number of carbonyl (C=O) groups excluding carboxylic acids is 3. The summed E-state index contributed by atoms with van der Waals surface area (Å²) in [5, 5.41) is 14.1. The molecule has 0 unspecified atom stereocenters. The van der Waals surface area contributed by atoms with Crippen LogP contribution in [-0.2, 0) is 9.53 Å². The van der Waals surface area contributed by atoms with E-state index in [0.717, 1.165) is 43.7 Å². The molecule has 0 bridgehead atoms. The summed E-state index contributed by atoms with van der Waals surface area (Å²) in [7, 11) is 1.18. The fourth-order valence-corrected chi connectivity index (χ4v) is 4.16. The number of esters is 1. The highest BCUT2D eigenvalue weighted by molar-refractivity contribution is 5.99. The Morgan fingerprint density at radius 2 is 1.94 bits per heavy atom. The molecule has 1 aliphatic rings. The van der Waals surface area contributed by atoms with Gasteiger partial charge in [-0.25, -0.2) is 4.79 Å². The third-order valence-electron chi connectivity index (χ3n) is 6.15. The minimum Gasteiger partial charge on any atom is -0.465 e. The summed E-state index contributed by atoms with van der Waals surface area (Å²) in [4.78, 5) is 53.0. The van der Waals surface area contributed by atoms with Crippen LogP contribution in [0.25, 0.3) is 6.08 Å². The van der Waals surface area contributed by atoms with E-state index in [0.29, 0.717) is 25.6 Å². The van der Waals surface area contributed by atoms with Crippen molar-refractivity contribution in [2.24, 2.45) is 5.92 Å². The topological polar surface area (TPSA) is 132 Å². The number of rotatable bonds is 10. The number of methoxy groups -OCH3 is 1. The van der Waals surface area contributed by atoms with Gasteiger partial charge in [-0.15, -0.1) is 0 Å². The molecule has 0 saturated carbocycles. The zero-order chi connectivity index (χ0) is 25.9. The number of amides is 2. The number of ether oxygens (including phenoxy) is 1. The molecule has 0 radical (unpaired) electrons. The predicted octanol–water partition coefficient (Wildman–Crippen LogP) is 3.63. The van der Waals surface area contributed by atoms with Gasteiger partial charge in [-0.1, -0.05) is 18.9 Å². The van der Waals surface area contributed by atoms with Crippen molar-refractivity contribution < 1.29 is 24.0 Å². The number of hydrogen-bond acceptors (Lipinski definition) is 7. The van der Waals surface area contributed by atoms with Crippen LogP contribution in [0.15, 0.2) is 48.8 Å². The van der Waals surface area contributed by atoms with E-state index in [-0.39, 0.29) is 28.6 Å². The molecule has 0 atom stereocenters. The highest BCUT2D eigenvalue weighted by Gasteiger charge is 2.26. The third kappa shape index (κ3) is 7.72. The second kappa shape index (κ2) is 13.1. The van der Waals surface area contributed by atoms with E-state index in [1.807, 2.05) is 12.1 Å². The van der Waals surface area contributed by atoms with Crippen LogP contribution in [0.4, 0.5) is 5.69 Å². The highest BCUT2D eigenvalue weighted by atomic mass is 16.6. The largest absolute Gasteiger partial charge is 0.465 e. The lowest BCUT2D eigenvalue weighted by molar-refractivity contribution is -0.384. The summed E-state index contributed by atoms with van der Waals surface area (Å²) < 4.78 is 4.65. The molecule has 3 rings (SSSR count). The number of pyridine rings is 1. The van der Waals surface area contributed by atoms with Gasteiger partial charge in [-0.2, -0.15) is 0 Å². The number of unbranched alkanes of at least 4 members (excludes halogenated alkanes) is 1. The number of non-ortho nitro benzene ring substituents is 1. The number of piperidine rings is 1. The summed E-state index contributed by atoms with van der Waals surface area (Å²) in [6.07, 6.45) is 11.1. The minimum absolute atomic E-state index is 0.0235. The van der Waals surface area contributed by atoms with Gasteiger partial charge in [0.2, 0.25) is 5.91 Å². The Morgan fingerprint density at radius 3 is 2.61 bits per heavy atom. The van der Waals surface area contributed by atoms with Crippen molar-refractivity contribution in [3.63, 3.8) is 0 Å². The maximum Gasteiger partial charge on any atom is 0.338 e. The molecule has 1 saturated heterocycles. The summed E-state index contributed by atoms with van der Waals surface area (Å²) in [5.41, 5.74) is 0.628. The Morgan fingerprint density at radius 1 is 1.19 bits per heavy atom. The summed E-state index contributed by atoms with van der Waals surface area (Å²) in [6, 6.07) is 7.33. The van der Waals surface area contributed by atoms with Gasteiger partial charge in [0.05, 0.1) is 17.6 Å². The Bertz CT molecular complexity index is 1110. The number of likely N-dealkylation sites (tertiary alicyclic amines) is 1. The van der Waals surface area contributed by atoms with E-state index in [4.69, 9.17) is 0 Å². The summed E-state index contributed by atoms with van der Waals surface area (Å²) in [5.74, 6) is -0.718. The maximum absolute atomic E-state index is 13.0. The number of benzene rings is 1.